The number of pyridine rings is 1. The van der Waals surface area contributed by atoms with Gasteiger partial charge in [-0.25, -0.2) is 4.98 Å². The fourth-order valence-corrected chi connectivity index (χ4v) is 2.68. The number of hydrogen-bond acceptors (Lipinski definition) is 3. The molecule has 1 heterocycles. The zero-order chi connectivity index (χ0) is 13.7. The summed E-state index contributed by atoms with van der Waals surface area (Å²) in [6, 6.07) is 11.8. The molecule has 19 heavy (non-hydrogen) atoms. The first kappa shape index (κ1) is 13.9. The fourth-order valence-electron chi connectivity index (χ4n) is 1.53. The van der Waals surface area contributed by atoms with Crippen molar-refractivity contribution in [1.82, 2.24) is 4.98 Å². The fraction of sp³-hybridized carbons (Fsp3) is 0.143. The van der Waals surface area contributed by atoms with E-state index in [1.165, 1.54) is 12.5 Å². The lowest BCUT2D eigenvalue weighted by atomic mass is 10.2. The molecule has 0 atom stereocenters. The average Bonchev–Trinajstić information content (AvgIpc) is 2.38. The smallest absolute Gasteiger partial charge is 0.221 e. The quantitative estimate of drug-likeness (QED) is 0.867. The molecule has 5 heteroatoms. The molecule has 0 aliphatic rings. The van der Waals surface area contributed by atoms with Crippen molar-refractivity contribution in [3.05, 3.63) is 53.2 Å². The zero-order valence-corrected chi connectivity index (χ0v) is 12.0. The Balaban J connectivity index is 2.03. The van der Waals surface area contributed by atoms with Crippen molar-refractivity contribution >= 4 is 35.0 Å². The molecule has 2 rings (SSSR count). The van der Waals surface area contributed by atoms with E-state index in [1.54, 1.807) is 24.0 Å². The van der Waals surface area contributed by atoms with Gasteiger partial charge in [0.05, 0.1) is 16.9 Å². The van der Waals surface area contributed by atoms with E-state index in [0.717, 1.165) is 10.8 Å². The molecule has 1 aromatic carbocycles. The Kier molecular flexibility index (Phi) is 4.82. The molecule has 1 N–H and O–H groups in total. The summed E-state index contributed by atoms with van der Waals surface area (Å²) in [6.45, 7) is 1.45. The van der Waals surface area contributed by atoms with Crippen LogP contribution in [0, 0.1) is 0 Å². The van der Waals surface area contributed by atoms with E-state index in [9.17, 15) is 4.79 Å². The van der Waals surface area contributed by atoms with Gasteiger partial charge in [0.15, 0.2) is 0 Å². The van der Waals surface area contributed by atoms with Gasteiger partial charge >= 0.3 is 0 Å². The van der Waals surface area contributed by atoms with Crippen LogP contribution in [0.15, 0.2) is 47.6 Å². The largest absolute Gasteiger partial charge is 0.325 e. The minimum atomic E-state index is -0.137. The van der Waals surface area contributed by atoms with E-state index in [0.29, 0.717) is 10.7 Å². The van der Waals surface area contributed by atoms with Crippen LogP contribution in [0.3, 0.4) is 0 Å². The minimum Gasteiger partial charge on any atom is -0.325 e. The summed E-state index contributed by atoms with van der Waals surface area (Å²) >= 11 is 7.72. The summed E-state index contributed by atoms with van der Waals surface area (Å²) in [6.07, 6.45) is 1.61. The highest BCUT2D eigenvalue weighted by atomic mass is 35.5. The number of amides is 1. The summed E-state index contributed by atoms with van der Waals surface area (Å²) in [5.74, 6) is 0.676. The number of thioether (sulfide) groups is 1. The number of nitrogens with one attached hydrogen (secondary N) is 1. The first-order chi connectivity index (χ1) is 9.15. The van der Waals surface area contributed by atoms with Crippen LogP contribution in [0.2, 0.25) is 5.02 Å². The van der Waals surface area contributed by atoms with Crippen LogP contribution >= 0.6 is 23.4 Å². The van der Waals surface area contributed by atoms with Gasteiger partial charge in [0.2, 0.25) is 5.91 Å². The van der Waals surface area contributed by atoms with Crippen LogP contribution in [-0.4, -0.2) is 10.9 Å². The van der Waals surface area contributed by atoms with Crippen LogP contribution in [0.1, 0.15) is 12.5 Å². The molecule has 0 unspecified atom stereocenters. The van der Waals surface area contributed by atoms with E-state index < -0.39 is 0 Å². The third-order valence-corrected chi connectivity index (χ3v) is 3.82. The lowest BCUT2D eigenvalue weighted by Gasteiger charge is -2.06. The molecule has 0 saturated heterocycles. The number of nitrogens with zero attached hydrogens (tertiary/aromatic N) is 1. The molecule has 0 radical (unpaired) electrons. The van der Waals surface area contributed by atoms with Gasteiger partial charge in [-0.15, -0.1) is 11.8 Å². The molecule has 1 amide bonds. The second kappa shape index (κ2) is 6.59. The molecule has 98 valence electrons. The van der Waals surface area contributed by atoms with Gasteiger partial charge in [0.25, 0.3) is 0 Å². The molecule has 0 saturated carbocycles. The van der Waals surface area contributed by atoms with E-state index in [-0.39, 0.29) is 5.91 Å². The topological polar surface area (TPSA) is 42.0 Å². The maximum Gasteiger partial charge on any atom is 0.221 e. The highest BCUT2D eigenvalue weighted by Gasteiger charge is 2.05. The van der Waals surface area contributed by atoms with Gasteiger partial charge < -0.3 is 5.32 Å². The number of carbonyl (C=O) groups excluding carboxylic acids is 1. The third-order valence-electron chi connectivity index (χ3n) is 2.35. The van der Waals surface area contributed by atoms with Crippen molar-refractivity contribution < 1.29 is 4.79 Å². The number of hydrogen-bond donors (Lipinski definition) is 1. The molecule has 0 aliphatic carbocycles. The van der Waals surface area contributed by atoms with Crippen molar-refractivity contribution in [2.75, 3.05) is 5.32 Å². The monoisotopic (exact) mass is 292 g/mol. The number of rotatable bonds is 4. The van der Waals surface area contributed by atoms with E-state index in [2.05, 4.69) is 22.4 Å². The predicted molar refractivity (Wildman–Crippen MR) is 79.6 cm³/mol. The molecular weight excluding hydrogens is 280 g/mol. The Morgan fingerprint density at radius 1 is 1.37 bits per heavy atom. The standard InChI is InChI=1S/C14H13ClN2OS/c1-10(18)17-12-7-13(15)14(16-8-12)19-9-11-5-3-2-4-6-11/h2-8H,9H2,1H3,(H,17,18). The molecule has 2 aromatic rings. The molecular formula is C14H13ClN2OS. The lowest BCUT2D eigenvalue weighted by molar-refractivity contribution is -0.114. The van der Waals surface area contributed by atoms with Gasteiger partial charge in [-0.3, -0.25) is 4.79 Å². The summed E-state index contributed by atoms with van der Waals surface area (Å²) in [4.78, 5) is 15.2. The van der Waals surface area contributed by atoms with Gasteiger partial charge in [-0.1, -0.05) is 41.9 Å². The number of carbonyl (C=O) groups is 1. The van der Waals surface area contributed by atoms with Crippen LogP contribution in [0.25, 0.3) is 0 Å². The van der Waals surface area contributed by atoms with E-state index in [4.69, 9.17) is 11.6 Å². The van der Waals surface area contributed by atoms with Crippen molar-refractivity contribution in [3.63, 3.8) is 0 Å². The number of anilines is 1. The Bertz CT molecular complexity index is 575. The zero-order valence-electron chi connectivity index (χ0n) is 10.4. The molecule has 0 aliphatic heterocycles. The van der Waals surface area contributed by atoms with Crippen molar-refractivity contribution in [2.24, 2.45) is 0 Å². The van der Waals surface area contributed by atoms with Crippen molar-refractivity contribution in [3.8, 4) is 0 Å². The van der Waals surface area contributed by atoms with Crippen molar-refractivity contribution in [2.45, 2.75) is 17.7 Å². The Morgan fingerprint density at radius 2 is 2.11 bits per heavy atom. The summed E-state index contributed by atoms with van der Waals surface area (Å²) < 4.78 is 0. The van der Waals surface area contributed by atoms with Crippen LogP contribution in [0.4, 0.5) is 5.69 Å². The SMILES string of the molecule is CC(=O)Nc1cnc(SCc2ccccc2)c(Cl)c1. The van der Waals surface area contributed by atoms with Gasteiger partial charge in [-0.05, 0) is 11.6 Å². The summed E-state index contributed by atoms with van der Waals surface area (Å²) in [5, 5.41) is 3.96. The average molecular weight is 293 g/mol. The molecule has 0 spiro atoms. The molecule has 3 nitrogen and oxygen atoms in total. The highest BCUT2D eigenvalue weighted by molar-refractivity contribution is 7.98. The number of benzene rings is 1. The van der Waals surface area contributed by atoms with Crippen LogP contribution < -0.4 is 5.32 Å². The number of halogens is 1. The Hall–Kier alpha value is -1.52. The summed E-state index contributed by atoms with van der Waals surface area (Å²) in [5.41, 5.74) is 1.83. The van der Waals surface area contributed by atoms with Crippen molar-refractivity contribution in [1.29, 1.82) is 0 Å². The minimum absolute atomic E-state index is 0.137. The maximum atomic E-state index is 10.9. The first-order valence-electron chi connectivity index (χ1n) is 5.75. The van der Waals surface area contributed by atoms with E-state index in [1.807, 2.05) is 18.2 Å². The maximum absolute atomic E-state index is 10.9. The Morgan fingerprint density at radius 3 is 2.74 bits per heavy atom. The second-order valence-corrected chi connectivity index (χ2v) is 5.34. The number of aromatic nitrogens is 1. The Labute approximate surface area is 121 Å². The van der Waals surface area contributed by atoms with E-state index >= 15 is 0 Å². The predicted octanol–water partition coefficient (Wildman–Crippen LogP) is 3.99. The van der Waals surface area contributed by atoms with Gasteiger partial charge in [0, 0.05) is 12.7 Å². The normalized spacial score (nSPS) is 10.2. The summed E-state index contributed by atoms with van der Waals surface area (Å²) in [7, 11) is 0. The first-order valence-corrected chi connectivity index (χ1v) is 7.11. The van der Waals surface area contributed by atoms with Gasteiger partial charge in [-0.2, -0.15) is 0 Å². The molecule has 1 aromatic heterocycles. The van der Waals surface area contributed by atoms with Crippen LogP contribution in [0.5, 0.6) is 0 Å². The lowest BCUT2D eigenvalue weighted by Crippen LogP contribution is -2.06. The molecule has 0 fully saturated rings. The third kappa shape index (κ3) is 4.26. The van der Waals surface area contributed by atoms with Crippen LogP contribution in [-0.2, 0) is 10.5 Å². The highest BCUT2D eigenvalue weighted by Crippen LogP contribution is 2.29. The molecule has 0 bridgehead atoms. The second-order valence-electron chi connectivity index (χ2n) is 3.97. The van der Waals surface area contributed by atoms with Gasteiger partial charge in [0.1, 0.15) is 5.03 Å².